The van der Waals surface area contributed by atoms with Gasteiger partial charge in [-0.05, 0) is 11.5 Å². The van der Waals surface area contributed by atoms with Crippen molar-refractivity contribution in [2.24, 2.45) is 0 Å². The fraction of sp³-hybridized carbons (Fsp3) is 0. The van der Waals surface area contributed by atoms with Crippen LogP contribution in [0.1, 0.15) is 0 Å². The number of benzene rings is 1. The number of hydrogen-bond donors (Lipinski definition) is 2. The van der Waals surface area contributed by atoms with E-state index in [2.05, 4.69) is 32.2 Å². The Kier molecular flexibility index (Phi) is 1.93. The van der Waals surface area contributed by atoms with Crippen molar-refractivity contribution in [3.05, 3.63) is 42.5 Å². The molecule has 15 heavy (non-hydrogen) atoms. The van der Waals surface area contributed by atoms with E-state index in [0.717, 1.165) is 11.0 Å². The van der Waals surface area contributed by atoms with Gasteiger partial charge in [-0.1, -0.05) is 36.4 Å². The summed E-state index contributed by atoms with van der Waals surface area (Å²) in [5.41, 5.74) is 2.03. The molecule has 3 rings (SSSR count). The minimum atomic E-state index is 0.951. The molecule has 0 spiro atoms. The van der Waals surface area contributed by atoms with Crippen LogP contribution in [-0.2, 0) is 0 Å². The van der Waals surface area contributed by atoms with Crippen LogP contribution in [-0.4, -0.2) is 14.0 Å². The SMILES string of the molecule is c1ccc2ccc3n[nH]s[nH]c3c2cc1. The fourth-order valence-corrected chi connectivity index (χ4v) is 2.18. The summed E-state index contributed by atoms with van der Waals surface area (Å²) in [7, 11) is 0. The Morgan fingerprint density at radius 1 is 1.00 bits per heavy atom. The maximum Gasteiger partial charge on any atom is 0.109 e. The van der Waals surface area contributed by atoms with E-state index in [9.17, 15) is 0 Å². The highest BCUT2D eigenvalue weighted by Crippen LogP contribution is 2.20. The average Bonchev–Trinajstić information content (AvgIpc) is 2.54. The maximum atomic E-state index is 4.21. The zero-order valence-corrected chi connectivity index (χ0v) is 8.71. The first-order valence-electron chi connectivity index (χ1n) is 4.68. The molecule has 1 aromatic heterocycles. The van der Waals surface area contributed by atoms with Gasteiger partial charge in [-0.2, -0.15) is 5.10 Å². The van der Waals surface area contributed by atoms with Crippen molar-refractivity contribution in [2.45, 2.75) is 0 Å². The molecule has 4 heteroatoms. The molecule has 0 unspecified atom stereocenters. The number of rotatable bonds is 0. The molecule has 0 saturated carbocycles. The summed E-state index contributed by atoms with van der Waals surface area (Å²) in [6, 6.07) is 14.4. The van der Waals surface area contributed by atoms with E-state index < -0.39 is 0 Å². The topological polar surface area (TPSA) is 44.5 Å². The second kappa shape index (κ2) is 3.40. The van der Waals surface area contributed by atoms with Crippen LogP contribution in [0.2, 0.25) is 0 Å². The second-order valence-corrected chi connectivity index (χ2v) is 3.87. The lowest BCUT2D eigenvalue weighted by molar-refractivity contribution is 1.17. The molecule has 3 aromatic rings. The van der Waals surface area contributed by atoms with Crippen LogP contribution in [0.4, 0.5) is 0 Å². The van der Waals surface area contributed by atoms with Crippen LogP contribution in [0.3, 0.4) is 0 Å². The fourth-order valence-electron chi connectivity index (χ4n) is 1.67. The van der Waals surface area contributed by atoms with Gasteiger partial charge in [0.25, 0.3) is 0 Å². The third-order valence-electron chi connectivity index (χ3n) is 2.38. The first-order valence-corrected chi connectivity index (χ1v) is 5.49. The zero-order chi connectivity index (χ0) is 10.1. The number of H-pyrrole nitrogens is 2. The Balaban J connectivity index is 2.61. The van der Waals surface area contributed by atoms with Crippen molar-refractivity contribution in [2.75, 3.05) is 0 Å². The van der Waals surface area contributed by atoms with E-state index in [1.807, 2.05) is 24.3 Å². The van der Waals surface area contributed by atoms with Crippen molar-refractivity contribution in [3.63, 3.8) is 0 Å². The number of fused-ring (bicyclic) bond motifs is 3. The minimum Gasteiger partial charge on any atom is -0.293 e. The van der Waals surface area contributed by atoms with Gasteiger partial charge in [0.1, 0.15) is 5.52 Å². The quantitative estimate of drug-likeness (QED) is 0.594. The third kappa shape index (κ3) is 1.39. The molecular formula is C11H9N3S. The number of aromatic amines is 2. The Morgan fingerprint density at radius 3 is 2.93 bits per heavy atom. The summed E-state index contributed by atoms with van der Waals surface area (Å²) >= 11 is 1.38. The van der Waals surface area contributed by atoms with Gasteiger partial charge in [-0.3, -0.25) is 4.37 Å². The molecule has 2 aromatic carbocycles. The number of aromatic nitrogens is 3. The van der Waals surface area contributed by atoms with Gasteiger partial charge >= 0.3 is 0 Å². The van der Waals surface area contributed by atoms with E-state index in [4.69, 9.17) is 0 Å². The van der Waals surface area contributed by atoms with Crippen molar-refractivity contribution in [1.29, 1.82) is 0 Å². The zero-order valence-electron chi connectivity index (χ0n) is 7.90. The molecule has 3 nitrogen and oxygen atoms in total. The normalized spacial score (nSPS) is 10.7. The Bertz CT molecular complexity index is 646. The van der Waals surface area contributed by atoms with Gasteiger partial charge < -0.3 is 0 Å². The number of nitrogens with one attached hydrogen (secondary N) is 2. The number of nitrogens with zero attached hydrogens (tertiary/aromatic N) is 1. The van der Waals surface area contributed by atoms with E-state index in [0.29, 0.717) is 0 Å². The molecule has 0 aliphatic heterocycles. The molecule has 1 heterocycles. The van der Waals surface area contributed by atoms with Crippen LogP contribution < -0.4 is 0 Å². The molecule has 0 bridgehead atoms. The predicted octanol–water partition coefficient (Wildman–Crippen LogP) is 3.23. The van der Waals surface area contributed by atoms with E-state index >= 15 is 0 Å². The molecule has 0 saturated heterocycles. The maximum absolute atomic E-state index is 4.21. The smallest absolute Gasteiger partial charge is 0.109 e. The van der Waals surface area contributed by atoms with Gasteiger partial charge in [0, 0.05) is 17.1 Å². The Labute approximate surface area is 90.4 Å². The molecule has 0 aliphatic rings. The molecule has 0 radical (unpaired) electrons. The lowest BCUT2D eigenvalue weighted by atomic mass is 10.1. The van der Waals surface area contributed by atoms with Crippen molar-refractivity contribution < 1.29 is 0 Å². The van der Waals surface area contributed by atoms with Crippen LogP contribution in [0, 0.1) is 0 Å². The summed E-state index contributed by atoms with van der Waals surface area (Å²) in [6.07, 6.45) is 0. The Morgan fingerprint density at radius 2 is 1.93 bits per heavy atom. The monoisotopic (exact) mass is 215 g/mol. The van der Waals surface area contributed by atoms with E-state index in [-0.39, 0.29) is 0 Å². The van der Waals surface area contributed by atoms with Crippen molar-refractivity contribution >= 4 is 33.5 Å². The van der Waals surface area contributed by atoms with Crippen LogP contribution >= 0.6 is 11.7 Å². The third-order valence-corrected chi connectivity index (χ3v) is 2.87. The summed E-state index contributed by atoms with van der Waals surface area (Å²) < 4.78 is 6.08. The highest BCUT2D eigenvalue weighted by atomic mass is 32.1. The molecule has 0 aliphatic carbocycles. The van der Waals surface area contributed by atoms with Gasteiger partial charge in [0.15, 0.2) is 0 Å². The van der Waals surface area contributed by atoms with Gasteiger partial charge in [0.05, 0.1) is 5.52 Å². The van der Waals surface area contributed by atoms with Crippen molar-refractivity contribution in [1.82, 2.24) is 14.0 Å². The summed E-state index contributed by atoms with van der Waals surface area (Å²) in [6.45, 7) is 0. The van der Waals surface area contributed by atoms with Gasteiger partial charge in [-0.25, -0.2) is 4.49 Å². The second-order valence-electron chi connectivity index (χ2n) is 3.28. The van der Waals surface area contributed by atoms with Crippen LogP contribution in [0.25, 0.3) is 21.8 Å². The highest BCUT2D eigenvalue weighted by molar-refractivity contribution is 6.99. The molecule has 74 valence electrons. The lowest BCUT2D eigenvalue weighted by Gasteiger charge is -1.99. The first-order chi connectivity index (χ1) is 7.45. The van der Waals surface area contributed by atoms with Gasteiger partial charge in [0.2, 0.25) is 0 Å². The molecule has 0 atom stereocenters. The van der Waals surface area contributed by atoms with E-state index in [1.54, 1.807) is 0 Å². The first kappa shape index (κ1) is 8.49. The molecule has 0 fully saturated rings. The minimum absolute atomic E-state index is 0.951. The Hall–Kier alpha value is -1.81. The van der Waals surface area contributed by atoms with E-state index in [1.165, 1.54) is 22.5 Å². The standard InChI is InChI=1S/C11H9N3S/c1-2-4-8-6-7-10-11(9(8)5-3-1)13-15-14-12-10/h1-7,13-14H. The lowest BCUT2D eigenvalue weighted by Crippen LogP contribution is -1.83. The molecule has 2 N–H and O–H groups in total. The average molecular weight is 215 g/mol. The van der Waals surface area contributed by atoms with Crippen LogP contribution in [0.15, 0.2) is 42.5 Å². The summed E-state index contributed by atoms with van der Waals surface area (Å²) in [5.74, 6) is 0. The van der Waals surface area contributed by atoms with Crippen molar-refractivity contribution in [3.8, 4) is 0 Å². The molecule has 0 amide bonds. The largest absolute Gasteiger partial charge is 0.293 e. The van der Waals surface area contributed by atoms with Crippen LogP contribution in [0.5, 0.6) is 0 Å². The summed E-state index contributed by atoms with van der Waals surface area (Å²) in [4.78, 5) is 0. The number of hydrogen-bond acceptors (Lipinski definition) is 2. The highest BCUT2D eigenvalue weighted by Gasteiger charge is 1.98. The predicted molar refractivity (Wildman–Crippen MR) is 63.5 cm³/mol. The molecular weight excluding hydrogens is 206 g/mol. The van der Waals surface area contributed by atoms with Gasteiger partial charge in [-0.15, -0.1) is 0 Å². The summed E-state index contributed by atoms with van der Waals surface area (Å²) in [5, 5.41) is 6.62.